The SMILES string of the molecule is CC1CC1C(=O)Nc1cc(N)ccc1C(=O)O. The predicted molar refractivity (Wildman–Crippen MR) is 63.7 cm³/mol. The molecule has 0 saturated heterocycles. The Balaban J connectivity index is 2.21. The van der Waals surface area contributed by atoms with E-state index in [2.05, 4.69) is 5.32 Å². The van der Waals surface area contributed by atoms with Crippen molar-refractivity contribution in [1.29, 1.82) is 0 Å². The Morgan fingerprint density at radius 1 is 1.47 bits per heavy atom. The van der Waals surface area contributed by atoms with Crippen LogP contribution in [0.2, 0.25) is 0 Å². The smallest absolute Gasteiger partial charge is 0.337 e. The molecule has 1 aliphatic carbocycles. The lowest BCUT2D eigenvalue weighted by atomic mass is 10.1. The number of nitrogen functional groups attached to an aromatic ring is 1. The number of rotatable bonds is 3. The molecule has 1 saturated carbocycles. The molecule has 2 atom stereocenters. The van der Waals surface area contributed by atoms with Crippen LogP contribution in [0.15, 0.2) is 18.2 Å². The van der Waals surface area contributed by atoms with Gasteiger partial charge in [0.2, 0.25) is 5.91 Å². The van der Waals surface area contributed by atoms with E-state index in [0.717, 1.165) is 6.42 Å². The van der Waals surface area contributed by atoms with Crippen LogP contribution in [0.1, 0.15) is 23.7 Å². The van der Waals surface area contributed by atoms with E-state index in [1.165, 1.54) is 18.2 Å². The Morgan fingerprint density at radius 3 is 2.65 bits per heavy atom. The molecule has 1 aliphatic rings. The summed E-state index contributed by atoms with van der Waals surface area (Å²) in [5, 5.41) is 11.6. The van der Waals surface area contributed by atoms with Crippen molar-refractivity contribution in [2.45, 2.75) is 13.3 Å². The third kappa shape index (κ3) is 2.38. The van der Waals surface area contributed by atoms with E-state index in [1.54, 1.807) is 0 Å². The van der Waals surface area contributed by atoms with Gasteiger partial charge in [-0.3, -0.25) is 4.79 Å². The fourth-order valence-corrected chi connectivity index (χ4v) is 1.76. The Hall–Kier alpha value is -2.04. The van der Waals surface area contributed by atoms with Crippen LogP contribution < -0.4 is 11.1 Å². The molecular formula is C12H14N2O3. The molecule has 0 heterocycles. The Kier molecular flexibility index (Phi) is 2.75. The Labute approximate surface area is 98.6 Å². The molecule has 0 aromatic heterocycles. The molecule has 2 rings (SSSR count). The van der Waals surface area contributed by atoms with Gasteiger partial charge in [-0.05, 0) is 30.5 Å². The summed E-state index contributed by atoms with van der Waals surface area (Å²) in [5.41, 5.74) is 6.33. The number of nitrogens with two attached hydrogens (primary N) is 1. The van der Waals surface area contributed by atoms with E-state index in [0.29, 0.717) is 11.6 Å². The standard InChI is InChI=1S/C12H14N2O3/c1-6-4-9(6)11(15)14-10-5-7(13)2-3-8(10)12(16)17/h2-3,5-6,9H,4,13H2,1H3,(H,14,15)(H,16,17). The average molecular weight is 234 g/mol. The van der Waals surface area contributed by atoms with Crippen molar-refractivity contribution >= 4 is 23.3 Å². The molecule has 17 heavy (non-hydrogen) atoms. The number of hydrogen-bond donors (Lipinski definition) is 3. The van der Waals surface area contributed by atoms with Crippen LogP contribution in [0, 0.1) is 11.8 Å². The minimum absolute atomic E-state index is 0.00178. The predicted octanol–water partition coefficient (Wildman–Crippen LogP) is 1.56. The lowest BCUT2D eigenvalue weighted by molar-refractivity contribution is -0.117. The molecule has 1 amide bonds. The minimum Gasteiger partial charge on any atom is -0.478 e. The second-order valence-electron chi connectivity index (χ2n) is 4.42. The molecule has 90 valence electrons. The minimum atomic E-state index is -1.08. The highest BCUT2D eigenvalue weighted by Crippen LogP contribution is 2.38. The van der Waals surface area contributed by atoms with Crippen LogP contribution in [0.4, 0.5) is 11.4 Å². The van der Waals surface area contributed by atoms with Crippen LogP contribution >= 0.6 is 0 Å². The van der Waals surface area contributed by atoms with Gasteiger partial charge in [0.25, 0.3) is 0 Å². The van der Waals surface area contributed by atoms with Gasteiger partial charge in [-0.25, -0.2) is 4.79 Å². The third-order valence-electron chi connectivity index (χ3n) is 2.98. The first-order valence-corrected chi connectivity index (χ1v) is 5.42. The van der Waals surface area contributed by atoms with Gasteiger partial charge >= 0.3 is 5.97 Å². The molecule has 0 bridgehead atoms. The van der Waals surface area contributed by atoms with Crippen molar-refractivity contribution in [2.24, 2.45) is 11.8 Å². The second-order valence-corrected chi connectivity index (χ2v) is 4.42. The number of carbonyl (C=O) groups is 2. The zero-order valence-corrected chi connectivity index (χ0v) is 9.43. The molecule has 2 unspecified atom stereocenters. The van der Waals surface area contributed by atoms with Gasteiger partial charge in [-0.15, -0.1) is 0 Å². The zero-order valence-electron chi connectivity index (χ0n) is 9.43. The third-order valence-corrected chi connectivity index (χ3v) is 2.98. The van der Waals surface area contributed by atoms with E-state index < -0.39 is 5.97 Å². The fraction of sp³-hybridized carbons (Fsp3) is 0.333. The summed E-state index contributed by atoms with van der Waals surface area (Å²) >= 11 is 0. The number of aromatic carboxylic acids is 1. The van der Waals surface area contributed by atoms with E-state index in [9.17, 15) is 9.59 Å². The highest BCUT2D eigenvalue weighted by molar-refractivity contribution is 6.02. The van der Waals surface area contributed by atoms with Crippen molar-refractivity contribution < 1.29 is 14.7 Å². The lowest BCUT2D eigenvalue weighted by Crippen LogP contribution is -2.17. The molecule has 0 spiro atoms. The van der Waals surface area contributed by atoms with Crippen molar-refractivity contribution in [3.63, 3.8) is 0 Å². The molecule has 1 aromatic carbocycles. The number of carbonyl (C=O) groups excluding carboxylic acids is 1. The molecule has 0 radical (unpaired) electrons. The van der Waals surface area contributed by atoms with Gasteiger partial charge in [-0.1, -0.05) is 6.92 Å². The summed E-state index contributed by atoms with van der Waals surface area (Å²) in [5.74, 6) is -0.836. The van der Waals surface area contributed by atoms with Crippen LogP contribution in [-0.4, -0.2) is 17.0 Å². The highest BCUT2D eigenvalue weighted by atomic mass is 16.4. The maximum Gasteiger partial charge on any atom is 0.337 e. The Bertz CT molecular complexity index is 485. The number of carboxylic acid groups (broad SMARTS) is 1. The largest absolute Gasteiger partial charge is 0.478 e. The molecule has 5 nitrogen and oxygen atoms in total. The van der Waals surface area contributed by atoms with Crippen molar-refractivity contribution in [3.8, 4) is 0 Å². The first kappa shape index (κ1) is 11.4. The van der Waals surface area contributed by atoms with E-state index in [-0.39, 0.29) is 23.1 Å². The molecule has 1 aromatic rings. The number of amides is 1. The summed E-state index contributed by atoms with van der Waals surface area (Å²) < 4.78 is 0. The molecule has 1 fully saturated rings. The first-order chi connectivity index (χ1) is 7.99. The van der Waals surface area contributed by atoms with Crippen LogP contribution in [0.3, 0.4) is 0 Å². The monoisotopic (exact) mass is 234 g/mol. The van der Waals surface area contributed by atoms with Crippen molar-refractivity contribution in [3.05, 3.63) is 23.8 Å². The lowest BCUT2D eigenvalue weighted by Gasteiger charge is -2.09. The second kappa shape index (κ2) is 4.08. The fourth-order valence-electron chi connectivity index (χ4n) is 1.76. The maximum absolute atomic E-state index is 11.7. The average Bonchev–Trinajstić information content (AvgIpc) is 2.95. The summed E-state index contributed by atoms with van der Waals surface area (Å²) in [7, 11) is 0. The summed E-state index contributed by atoms with van der Waals surface area (Å²) in [6.07, 6.45) is 0.858. The summed E-state index contributed by atoms with van der Waals surface area (Å²) in [6.45, 7) is 1.99. The van der Waals surface area contributed by atoms with E-state index >= 15 is 0 Å². The first-order valence-electron chi connectivity index (χ1n) is 5.42. The van der Waals surface area contributed by atoms with Crippen LogP contribution in [0.5, 0.6) is 0 Å². The number of nitrogens with one attached hydrogen (secondary N) is 1. The van der Waals surface area contributed by atoms with Crippen LogP contribution in [-0.2, 0) is 4.79 Å². The molecule has 5 heteroatoms. The van der Waals surface area contributed by atoms with E-state index in [4.69, 9.17) is 10.8 Å². The van der Waals surface area contributed by atoms with Gasteiger partial charge in [0.15, 0.2) is 0 Å². The number of carboxylic acids is 1. The molecule has 0 aliphatic heterocycles. The van der Waals surface area contributed by atoms with Gasteiger partial charge in [0.1, 0.15) is 0 Å². The number of hydrogen-bond acceptors (Lipinski definition) is 3. The quantitative estimate of drug-likeness (QED) is 0.692. The molecule has 4 N–H and O–H groups in total. The summed E-state index contributed by atoms with van der Waals surface area (Å²) in [4.78, 5) is 22.7. The van der Waals surface area contributed by atoms with Gasteiger partial charge in [0, 0.05) is 11.6 Å². The van der Waals surface area contributed by atoms with Crippen molar-refractivity contribution in [1.82, 2.24) is 0 Å². The zero-order chi connectivity index (χ0) is 12.6. The summed E-state index contributed by atoms with van der Waals surface area (Å²) in [6, 6.07) is 4.36. The topological polar surface area (TPSA) is 92.4 Å². The highest BCUT2D eigenvalue weighted by Gasteiger charge is 2.39. The maximum atomic E-state index is 11.7. The van der Waals surface area contributed by atoms with Crippen molar-refractivity contribution in [2.75, 3.05) is 11.1 Å². The van der Waals surface area contributed by atoms with Gasteiger partial charge in [0.05, 0.1) is 11.3 Å². The van der Waals surface area contributed by atoms with Gasteiger partial charge in [-0.2, -0.15) is 0 Å². The van der Waals surface area contributed by atoms with E-state index in [1.807, 2.05) is 6.92 Å². The normalized spacial score (nSPS) is 21.9. The number of benzene rings is 1. The number of anilines is 2. The Morgan fingerprint density at radius 2 is 2.12 bits per heavy atom. The van der Waals surface area contributed by atoms with Crippen LogP contribution in [0.25, 0.3) is 0 Å². The molecular weight excluding hydrogens is 220 g/mol. The van der Waals surface area contributed by atoms with Gasteiger partial charge < -0.3 is 16.2 Å².